The molecule has 196 valence electrons. The van der Waals surface area contributed by atoms with E-state index in [1.54, 1.807) is 0 Å². The molecular formula is C28H29ClN6O3. The van der Waals surface area contributed by atoms with E-state index in [4.69, 9.17) is 16.3 Å². The molecule has 1 saturated heterocycles. The number of benzene rings is 2. The van der Waals surface area contributed by atoms with E-state index in [0.29, 0.717) is 42.6 Å². The first-order valence-electron chi connectivity index (χ1n) is 12.6. The maximum Gasteiger partial charge on any atom is 0.253 e. The molecule has 9 nitrogen and oxygen atoms in total. The first-order valence-corrected chi connectivity index (χ1v) is 13.0. The van der Waals surface area contributed by atoms with Gasteiger partial charge in [-0.25, -0.2) is 9.97 Å². The molecule has 0 bridgehead atoms. The number of likely N-dealkylation sites (tertiary alicyclic amines) is 1. The van der Waals surface area contributed by atoms with E-state index < -0.39 is 0 Å². The molecule has 3 heterocycles. The van der Waals surface area contributed by atoms with Gasteiger partial charge in [-0.2, -0.15) is 0 Å². The summed E-state index contributed by atoms with van der Waals surface area (Å²) < 4.78 is 6.08. The van der Waals surface area contributed by atoms with E-state index in [1.165, 1.54) is 13.3 Å². The number of hydrogen-bond donors (Lipinski definition) is 2. The third kappa shape index (κ3) is 5.89. The van der Waals surface area contributed by atoms with Crippen molar-refractivity contribution in [3.63, 3.8) is 0 Å². The zero-order valence-electron chi connectivity index (χ0n) is 21.1. The Kier molecular flexibility index (Phi) is 7.74. The number of hydrogen-bond acceptors (Lipinski definition) is 6. The molecule has 2 amide bonds. The van der Waals surface area contributed by atoms with Crippen molar-refractivity contribution in [1.82, 2.24) is 25.2 Å². The van der Waals surface area contributed by atoms with Crippen molar-refractivity contribution < 1.29 is 14.3 Å². The van der Waals surface area contributed by atoms with Crippen molar-refractivity contribution in [3.05, 3.63) is 77.7 Å². The molecule has 4 aromatic rings. The summed E-state index contributed by atoms with van der Waals surface area (Å²) >= 11 is 5.96. The van der Waals surface area contributed by atoms with Gasteiger partial charge in [0.25, 0.3) is 5.91 Å². The van der Waals surface area contributed by atoms with Crippen LogP contribution >= 0.6 is 11.6 Å². The molecule has 5 rings (SSSR count). The highest BCUT2D eigenvalue weighted by Crippen LogP contribution is 2.30. The van der Waals surface area contributed by atoms with E-state index in [1.807, 2.05) is 70.6 Å². The molecule has 2 N–H and O–H groups in total. The number of halogens is 1. The van der Waals surface area contributed by atoms with Gasteiger partial charge in [-0.3, -0.25) is 9.59 Å². The number of ether oxygens (including phenoxy) is 1. The van der Waals surface area contributed by atoms with E-state index >= 15 is 0 Å². The van der Waals surface area contributed by atoms with Gasteiger partial charge < -0.3 is 24.8 Å². The number of piperidine rings is 1. The fourth-order valence-electron chi connectivity index (χ4n) is 4.65. The number of carbonyl (C=O) groups is 2. The van der Waals surface area contributed by atoms with Crippen LogP contribution in [0.4, 0.5) is 11.5 Å². The molecule has 1 fully saturated rings. The Morgan fingerprint density at radius 3 is 2.68 bits per heavy atom. The zero-order valence-corrected chi connectivity index (χ0v) is 21.8. The first-order chi connectivity index (χ1) is 18.5. The van der Waals surface area contributed by atoms with E-state index in [0.717, 1.165) is 35.3 Å². The maximum absolute atomic E-state index is 13.5. The van der Waals surface area contributed by atoms with Crippen molar-refractivity contribution in [3.8, 4) is 5.75 Å². The number of rotatable bonds is 8. The Bertz CT molecular complexity index is 1420. The largest absolute Gasteiger partial charge is 0.490 e. The van der Waals surface area contributed by atoms with E-state index in [-0.39, 0.29) is 17.9 Å². The van der Waals surface area contributed by atoms with Crippen molar-refractivity contribution in [2.75, 3.05) is 31.1 Å². The highest BCUT2D eigenvalue weighted by Gasteiger charge is 2.25. The van der Waals surface area contributed by atoms with Crippen LogP contribution in [-0.2, 0) is 4.79 Å². The highest BCUT2D eigenvalue weighted by atomic mass is 35.5. The lowest BCUT2D eigenvalue weighted by atomic mass is 10.1. The molecule has 1 aliphatic heterocycles. The second-order valence-corrected chi connectivity index (χ2v) is 9.62. The van der Waals surface area contributed by atoms with Crippen LogP contribution in [0.2, 0.25) is 5.02 Å². The summed E-state index contributed by atoms with van der Waals surface area (Å²) in [4.78, 5) is 40.8. The van der Waals surface area contributed by atoms with E-state index in [9.17, 15) is 9.59 Å². The lowest BCUT2D eigenvalue weighted by molar-refractivity contribution is -0.118. The molecule has 2 aromatic heterocycles. The van der Waals surface area contributed by atoms with Crippen LogP contribution in [0.3, 0.4) is 0 Å². The summed E-state index contributed by atoms with van der Waals surface area (Å²) in [5, 5.41) is 4.37. The Morgan fingerprint density at radius 2 is 1.92 bits per heavy atom. The Balaban J connectivity index is 1.31. The van der Waals surface area contributed by atoms with Gasteiger partial charge in [-0.15, -0.1) is 0 Å². The molecule has 2 aromatic carbocycles. The molecule has 0 saturated carbocycles. The summed E-state index contributed by atoms with van der Waals surface area (Å²) in [6.07, 6.45) is 4.88. The zero-order chi connectivity index (χ0) is 26.5. The summed E-state index contributed by atoms with van der Waals surface area (Å²) in [6.45, 7) is 3.61. The number of aromatic nitrogens is 3. The van der Waals surface area contributed by atoms with Crippen molar-refractivity contribution in [1.29, 1.82) is 0 Å². The molecule has 0 atom stereocenters. The minimum atomic E-state index is -0.105. The van der Waals surface area contributed by atoms with Crippen molar-refractivity contribution in [2.24, 2.45) is 0 Å². The average molecular weight is 533 g/mol. The molecule has 0 spiro atoms. The van der Waals surface area contributed by atoms with Gasteiger partial charge in [0.2, 0.25) is 5.91 Å². The number of amides is 2. The van der Waals surface area contributed by atoms with Crippen LogP contribution in [0.1, 0.15) is 30.1 Å². The lowest BCUT2D eigenvalue weighted by Crippen LogP contribution is -2.41. The SMILES string of the molecule is CC(=O)NCCN(c1cccc(C(=O)N2CCC(Oc3ccc(Cl)cc3)CC2)c1)c1ncnc2[nH]ccc12. The minimum Gasteiger partial charge on any atom is -0.490 e. The predicted molar refractivity (Wildman–Crippen MR) is 147 cm³/mol. The number of nitrogens with one attached hydrogen (secondary N) is 2. The van der Waals surface area contributed by atoms with Gasteiger partial charge in [-0.05, 0) is 48.5 Å². The van der Waals surface area contributed by atoms with Gasteiger partial charge in [0.05, 0.1) is 5.39 Å². The fraction of sp³-hybridized carbons (Fsp3) is 0.286. The van der Waals surface area contributed by atoms with Crippen LogP contribution in [-0.4, -0.2) is 63.9 Å². The maximum atomic E-state index is 13.5. The number of anilines is 2. The number of nitrogens with zero attached hydrogens (tertiary/aromatic N) is 4. The summed E-state index contributed by atoms with van der Waals surface area (Å²) in [5.41, 5.74) is 2.13. The minimum absolute atomic E-state index is 0.0203. The van der Waals surface area contributed by atoms with Crippen LogP contribution < -0.4 is 15.0 Å². The van der Waals surface area contributed by atoms with Crippen molar-refractivity contribution in [2.45, 2.75) is 25.9 Å². The molecule has 38 heavy (non-hydrogen) atoms. The summed E-state index contributed by atoms with van der Waals surface area (Å²) in [7, 11) is 0. The van der Waals surface area contributed by atoms with Gasteiger partial charge in [0, 0.05) is 68.4 Å². The monoisotopic (exact) mass is 532 g/mol. The quantitative estimate of drug-likeness (QED) is 0.344. The summed E-state index contributed by atoms with van der Waals surface area (Å²) in [5.74, 6) is 1.36. The molecule has 0 aliphatic carbocycles. The van der Waals surface area contributed by atoms with Gasteiger partial charge >= 0.3 is 0 Å². The van der Waals surface area contributed by atoms with Crippen LogP contribution in [0.15, 0.2) is 67.1 Å². The standard InChI is InChI=1S/C28H29ClN6O3/c1-19(36)30-13-16-35(27-25-9-12-31-26(25)32-18-33-27)22-4-2-3-20(17-22)28(37)34-14-10-24(11-15-34)38-23-7-5-21(29)6-8-23/h2-9,12,17-18,24H,10-11,13-16H2,1H3,(H,30,36)(H,31,32,33). The Labute approximate surface area is 225 Å². The molecule has 10 heteroatoms. The fourth-order valence-corrected chi connectivity index (χ4v) is 4.77. The van der Waals surface area contributed by atoms with Crippen LogP contribution in [0.5, 0.6) is 5.75 Å². The first kappa shape index (κ1) is 25.5. The third-order valence-electron chi connectivity index (χ3n) is 6.55. The highest BCUT2D eigenvalue weighted by molar-refractivity contribution is 6.30. The second-order valence-electron chi connectivity index (χ2n) is 9.19. The molecular weight excluding hydrogens is 504 g/mol. The van der Waals surface area contributed by atoms with Crippen LogP contribution in [0, 0.1) is 0 Å². The number of carbonyl (C=O) groups excluding carboxylic acids is 2. The lowest BCUT2D eigenvalue weighted by Gasteiger charge is -2.32. The average Bonchev–Trinajstić information content (AvgIpc) is 3.42. The summed E-state index contributed by atoms with van der Waals surface area (Å²) in [6, 6.07) is 16.8. The number of fused-ring (bicyclic) bond motifs is 1. The van der Waals surface area contributed by atoms with Gasteiger partial charge in [-0.1, -0.05) is 17.7 Å². The van der Waals surface area contributed by atoms with Crippen LogP contribution in [0.25, 0.3) is 11.0 Å². The van der Waals surface area contributed by atoms with E-state index in [2.05, 4.69) is 20.3 Å². The topological polar surface area (TPSA) is 103 Å². The normalized spacial score (nSPS) is 13.9. The van der Waals surface area contributed by atoms with Gasteiger partial charge in [0.15, 0.2) is 0 Å². The van der Waals surface area contributed by atoms with Gasteiger partial charge in [0.1, 0.15) is 29.6 Å². The van der Waals surface area contributed by atoms with Crippen molar-refractivity contribution >= 4 is 46.0 Å². The smallest absolute Gasteiger partial charge is 0.253 e. The molecule has 0 radical (unpaired) electrons. The predicted octanol–water partition coefficient (Wildman–Crippen LogP) is 4.57. The number of aromatic amines is 1. The third-order valence-corrected chi connectivity index (χ3v) is 6.80. The Hall–Kier alpha value is -4.11. The molecule has 1 aliphatic rings. The number of H-pyrrole nitrogens is 1. The molecule has 0 unspecified atom stereocenters. The Morgan fingerprint density at radius 1 is 1.13 bits per heavy atom. The second kappa shape index (κ2) is 11.5.